The van der Waals surface area contributed by atoms with E-state index in [1.54, 1.807) is 4.57 Å². The summed E-state index contributed by atoms with van der Waals surface area (Å²) in [5.74, 6) is -1.83. The van der Waals surface area contributed by atoms with Gasteiger partial charge in [-0.2, -0.15) is 0 Å². The fraction of sp³-hybridized carbons (Fsp3) is 0.500. The zero-order chi connectivity index (χ0) is 21.0. The number of hydrogen-bond donors (Lipinski definition) is 2. The van der Waals surface area contributed by atoms with E-state index in [0.717, 1.165) is 37.7 Å². The topological polar surface area (TPSA) is 109 Å². The van der Waals surface area contributed by atoms with Crippen LogP contribution < -0.4 is 15.6 Å². The summed E-state index contributed by atoms with van der Waals surface area (Å²) < 4.78 is 16.8. The lowest BCUT2D eigenvalue weighted by Gasteiger charge is -2.38. The number of halogens is 1. The first-order chi connectivity index (χ1) is 14.4. The molecule has 2 aliphatic heterocycles. The largest absolute Gasteiger partial charge is 0.477 e. The van der Waals surface area contributed by atoms with E-state index in [9.17, 15) is 14.7 Å². The second-order valence-corrected chi connectivity index (χ2v) is 8.18. The van der Waals surface area contributed by atoms with Gasteiger partial charge in [0.05, 0.1) is 23.1 Å². The minimum Gasteiger partial charge on any atom is -0.477 e. The van der Waals surface area contributed by atoms with Crippen molar-refractivity contribution >= 4 is 28.5 Å². The monoisotopic (exact) mass is 415 g/mol. The molecule has 2 saturated heterocycles. The van der Waals surface area contributed by atoms with E-state index in [1.165, 1.54) is 6.20 Å². The van der Waals surface area contributed by atoms with Crippen LogP contribution in [-0.2, 0) is 4.84 Å². The Morgan fingerprint density at radius 3 is 2.83 bits per heavy atom. The number of nitrogens with zero attached hydrogens (tertiary/aromatic N) is 4. The number of carbonyl (C=O) groups is 1. The van der Waals surface area contributed by atoms with Crippen LogP contribution in [0.5, 0.6) is 0 Å². The van der Waals surface area contributed by atoms with Gasteiger partial charge in [-0.15, -0.1) is 0 Å². The van der Waals surface area contributed by atoms with Crippen LogP contribution in [0.1, 0.15) is 36.2 Å². The summed E-state index contributed by atoms with van der Waals surface area (Å²) in [5, 5.41) is 16.9. The van der Waals surface area contributed by atoms with E-state index in [4.69, 9.17) is 4.84 Å². The number of aromatic carboxylic acids is 1. The molecule has 30 heavy (non-hydrogen) atoms. The van der Waals surface area contributed by atoms with Crippen LogP contribution in [0, 0.1) is 11.2 Å². The van der Waals surface area contributed by atoms with Gasteiger partial charge < -0.3 is 24.7 Å². The Hall–Kier alpha value is -3.01. The Morgan fingerprint density at radius 2 is 2.23 bits per heavy atom. The molecule has 0 aromatic carbocycles. The minimum absolute atomic E-state index is 0.00882. The zero-order valence-corrected chi connectivity index (χ0v) is 16.5. The van der Waals surface area contributed by atoms with Crippen molar-refractivity contribution in [3.05, 3.63) is 33.9 Å². The van der Waals surface area contributed by atoms with Crippen LogP contribution in [0.15, 0.2) is 22.2 Å². The molecular weight excluding hydrogens is 393 g/mol. The third-order valence-electron chi connectivity index (χ3n) is 6.09. The van der Waals surface area contributed by atoms with Crippen LogP contribution in [0.3, 0.4) is 0 Å². The fourth-order valence-electron chi connectivity index (χ4n) is 4.26. The van der Waals surface area contributed by atoms with Gasteiger partial charge in [-0.25, -0.2) is 14.2 Å². The van der Waals surface area contributed by atoms with Crippen LogP contribution in [0.2, 0.25) is 0 Å². The number of nitrogens with one attached hydrogen (secondary N) is 1. The van der Waals surface area contributed by atoms with Crippen molar-refractivity contribution in [2.45, 2.75) is 25.8 Å². The molecule has 0 unspecified atom stereocenters. The summed E-state index contributed by atoms with van der Waals surface area (Å²) in [4.78, 5) is 35.7. The summed E-state index contributed by atoms with van der Waals surface area (Å²) in [6.07, 6.45) is 3.08. The number of pyridine rings is 2. The highest BCUT2D eigenvalue weighted by atomic mass is 19.1. The summed E-state index contributed by atoms with van der Waals surface area (Å²) >= 11 is 0. The number of carboxylic acids is 1. The maximum atomic E-state index is 15.1. The predicted molar refractivity (Wildman–Crippen MR) is 108 cm³/mol. The van der Waals surface area contributed by atoms with Crippen LogP contribution in [-0.4, -0.2) is 59.1 Å². The summed E-state index contributed by atoms with van der Waals surface area (Å²) in [5.41, 5.74) is -0.117. The van der Waals surface area contributed by atoms with E-state index >= 15 is 4.39 Å². The van der Waals surface area contributed by atoms with Crippen LogP contribution in [0.4, 0.5) is 10.2 Å². The number of fused-ring (bicyclic) bond motifs is 1. The van der Waals surface area contributed by atoms with E-state index < -0.39 is 17.2 Å². The van der Waals surface area contributed by atoms with Crippen molar-refractivity contribution < 1.29 is 19.1 Å². The third kappa shape index (κ3) is 2.85. The van der Waals surface area contributed by atoms with E-state index in [-0.39, 0.29) is 28.2 Å². The maximum Gasteiger partial charge on any atom is 0.341 e. The molecule has 158 valence electrons. The fourth-order valence-corrected chi connectivity index (χ4v) is 4.26. The zero-order valence-electron chi connectivity index (χ0n) is 16.5. The van der Waals surface area contributed by atoms with Gasteiger partial charge in [-0.1, -0.05) is 5.16 Å². The first-order valence-electron chi connectivity index (χ1n) is 10.1. The molecule has 5 rings (SSSR count). The highest BCUT2D eigenvalue weighted by molar-refractivity contribution is 5.98. The van der Waals surface area contributed by atoms with Gasteiger partial charge >= 0.3 is 5.97 Å². The van der Waals surface area contributed by atoms with Gasteiger partial charge in [0.25, 0.3) is 0 Å². The van der Waals surface area contributed by atoms with Gasteiger partial charge in [0, 0.05) is 31.9 Å². The van der Waals surface area contributed by atoms with E-state index in [0.29, 0.717) is 25.3 Å². The first kappa shape index (κ1) is 19.0. The Bertz CT molecular complexity index is 1140. The SMILES string of the molecule is CCO/N=C1/CN(c2nc3c(cc2F)c(=O)c(C(=O)O)cn3C2CC2)CC12CNC2. The van der Waals surface area contributed by atoms with E-state index in [1.807, 2.05) is 11.8 Å². The van der Waals surface area contributed by atoms with Crippen molar-refractivity contribution in [1.29, 1.82) is 0 Å². The minimum atomic E-state index is -1.32. The molecule has 10 heteroatoms. The molecule has 2 aromatic heterocycles. The summed E-state index contributed by atoms with van der Waals surface area (Å²) in [6.45, 7) is 4.71. The Labute approximate surface area is 171 Å². The second-order valence-electron chi connectivity index (χ2n) is 8.18. The molecule has 4 heterocycles. The Balaban J connectivity index is 1.62. The number of aromatic nitrogens is 2. The Kier molecular flexibility index (Phi) is 4.28. The van der Waals surface area contributed by atoms with Crippen LogP contribution in [0.25, 0.3) is 11.0 Å². The van der Waals surface area contributed by atoms with Crippen molar-refractivity contribution in [1.82, 2.24) is 14.9 Å². The predicted octanol–water partition coefficient (Wildman–Crippen LogP) is 1.37. The lowest BCUT2D eigenvalue weighted by atomic mass is 9.79. The van der Waals surface area contributed by atoms with Gasteiger partial charge in [-0.3, -0.25) is 4.79 Å². The van der Waals surface area contributed by atoms with Gasteiger partial charge in [0.1, 0.15) is 17.8 Å². The summed E-state index contributed by atoms with van der Waals surface area (Å²) in [6, 6.07) is 1.20. The Morgan fingerprint density at radius 1 is 1.47 bits per heavy atom. The van der Waals surface area contributed by atoms with Gasteiger partial charge in [0.2, 0.25) is 5.43 Å². The first-order valence-corrected chi connectivity index (χ1v) is 10.1. The molecule has 0 radical (unpaired) electrons. The smallest absolute Gasteiger partial charge is 0.341 e. The molecule has 1 saturated carbocycles. The van der Waals surface area contributed by atoms with Crippen LogP contribution >= 0.6 is 0 Å². The lowest BCUT2D eigenvalue weighted by Crippen LogP contribution is -2.58. The average molecular weight is 415 g/mol. The quantitative estimate of drug-likeness (QED) is 0.710. The maximum absolute atomic E-state index is 15.1. The average Bonchev–Trinajstić information content (AvgIpc) is 3.45. The summed E-state index contributed by atoms with van der Waals surface area (Å²) in [7, 11) is 0. The molecule has 2 aromatic rings. The standard InChI is InChI=1S/C20H22FN5O4/c1-2-30-24-15-7-25(10-20(15)8-22-9-20)18-14(21)5-12-16(27)13(19(28)29)6-26(11-3-4-11)17(12)23-18/h5-6,11,22H,2-4,7-10H2,1H3,(H,28,29)/b24-15-. The lowest BCUT2D eigenvalue weighted by molar-refractivity contribution is 0.0695. The number of oxime groups is 1. The molecule has 1 spiro atoms. The number of anilines is 1. The van der Waals surface area contributed by atoms with Crippen molar-refractivity contribution in [3.8, 4) is 0 Å². The number of hydrogen-bond acceptors (Lipinski definition) is 7. The molecule has 0 atom stereocenters. The molecule has 3 fully saturated rings. The highest BCUT2D eigenvalue weighted by Gasteiger charge is 2.50. The molecular formula is C20H22FN5O4. The molecule has 9 nitrogen and oxygen atoms in total. The van der Waals surface area contributed by atoms with Crippen molar-refractivity contribution in [3.63, 3.8) is 0 Å². The molecule has 1 aliphatic carbocycles. The number of rotatable bonds is 5. The molecule has 0 amide bonds. The van der Waals surface area contributed by atoms with Gasteiger partial charge in [0.15, 0.2) is 11.6 Å². The molecule has 0 bridgehead atoms. The van der Waals surface area contributed by atoms with Gasteiger partial charge in [-0.05, 0) is 25.8 Å². The highest BCUT2D eigenvalue weighted by Crippen LogP contribution is 2.39. The van der Waals surface area contributed by atoms with E-state index in [2.05, 4.69) is 15.5 Å². The number of carboxylic acid groups (broad SMARTS) is 1. The second kappa shape index (κ2) is 6.76. The van der Waals surface area contributed by atoms with Crippen molar-refractivity contribution in [2.75, 3.05) is 37.7 Å². The third-order valence-corrected chi connectivity index (χ3v) is 6.09. The van der Waals surface area contributed by atoms with Crippen molar-refractivity contribution in [2.24, 2.45) is 10.6 Å². The molecule has 2 N–H and O–H groups in total. The molecule has 3 aliphatic rings. The normalized spacial score (nSPS) is 21.4.